The van der Waals surface area contributed by atoms with Crippen molar-refractivity contribution >= 4 is 0 Å². The normalized spacial score (nSPS) is 19.9. The number of furan rings is 1. The molecule has 1 aromatic carbocycles. The highest BCUT2D eigenvalue weighted by Gasteiger charge is 2.26. The molecule has 1 aliphatic heterocycles. The minimum absolute atomic E-state index is 0.130. The van der Waals surface area contributed by atoms with Crippen molar-refractivity contribution in [1.82, 2.24) is 0 Å². The summed E-state index contributed by atoms with van der Waals surface area (Å²) in [5.41, 5.74) is 1.17. The maximum absolute atomic E-state index is 10.2. The minimum Gasteiger partial charge on any atom is -0.493 e. The number of aliphatic hydroxyl groups is 1. The Hall–Kier alpha value is -1.74. The molecule has 0 saturated heterocycles. The molecule has 0 spiro atoms. The zero-order chi connectivity index (χ0) is 12.4. The van der Waals surface area contributed by atoms with Gasteiger partial charge in [-0.1, -0.05) is 18.2 Å². The SMILES string of the molecule is OC(Cc1ccco1)C1COc2ccccc2C1. The first-order valence-corrected chi connectivity index (χ1v) is 6.24. The highest BCUT2D eigenvalue weighted by atomic mass is 16.5. The van der Waals surface area contributed by atoms with E-state index in [0.29, 0.717) is 13.0 Å². The first kappa shape index (κ1) is 11.4. The zero-order valence-corrected chi connectivity index (χ0v) is 10.1. The van der Waals surface area contributed by atoms with Crippen LogP contribution in [0.5, 0.6) is 5.75 Å². The van der Waals surface area contributed by atoms with Crippen molar-refractivity contribution in [3.05, 3.63) is 54.0 Å². The Morgan fingerprint density at radius 2 is 2.11 bits per heavy atom. The van der Waals surface area contributed by atoms with Crippen LogP contribution in [0.2, 0.25) is 0 Å². The van der Waals surface area contributed by atoms with Crippen LogP contribution < -0.4 is 4.74 Å². The molecular formula is C15H16O3. The largest absolute Gasteiger partial charge is 0.493 e. The van der Waals surface area contributed by atoms with Crippen LogP contribution >= 0.6 is 0 Å². The first-order valence-electron chi connectivity index (χ1n) is 6.24. The molecule has 3 heteroatoms. The molecule has 1 aromatic heterocycles. The number of aliphatic hydroxyl groups excluding tert-OH is 1. The van der Waals surface area contributed by atoms with Gasteiger partial charge in [0.2, 0.25) is 0 Å². The highest BCUT2D eigenvalue weighted by molar-refractivity contribution is 5.35. The third-order valence-corrected chi connectivity index (χ3v) is 3.44. The van der Waals surface area contributed by atoms with Gasteiger partial charge in [-0.25, -0.2) is 0 Å². The molecule has 3 rings (SSSR count). The van der Waals surface area contributed by atoms with Crippen molar-refractivity contribution in [2.24, 2.45) is 5.92 Å². The summed E-state index contributed by atoms with van der Waals surface area (Å²) in [6.45, 7) is 0.568. The third-order valence-electron chi connectivity index (χ3n) is 3.44. The number of hydrogen-bond acceptors (Lipinski definition) is 3. The fourth-order valence-corrected chi connectivity index (χ4v) is 2.40. The lowest BCUT2D eigenvalue weighted by atomic mass is 9.90. The lowest BCUT2D eigenvalue weighted by Gasteiger charge is -2.28. The third kappa shape index (κ3) is 2.27. The van der Waals surface area contributed by atoms with E-state index >= 15 is 0 Å². The van der Waals surface area contributed by atoms with E-state index in [0.717, 1.165) is 17.9 Å². The van der Waals surface area contributed by atoms with E-state index < -0.39 is 6.10 Å². The van der Waals surface area contributed by atoms with Crippen molar-refractivity contribution in [2.75, 3.05) is 6.61 Å². The number of hydrogen-bond donors (Lipinski definition) is 1. The van der Waals surface area contributed by atoms with Gasteiger partial charge in [0.05, 0.1) is 19.0 Å². The quantitative estimate of drug-likeness (QED) is 0.901. The molecule has 18 heavy (non-hydrogen) atoms. The van der Waals surface area contributed by atoms with E-state index in [4.69, 9.17) is 9.15 Å². The molecular weight excluding hydrogens is 228 g/mol. The summed E-state index contributed by atoms with van der Waals surface area (Å²) in [5, 5.41) is 10.2. The van der Waals surface area contributed by atoms with Gasteiger partial charge in [0, 0.05) is 12.3 Å². The van der Waals surface area contributed by atoms with E-state index in [-0.39, 0.29) is 5.92 Å². The van der Waals surface area contributed by atoms with E-state index in [2.05, 4.69) is 6.07 Å². The predicted octanol–water partition coefficient (Wildman–Crippen LogP) is 2.43. The molecule has 0 aliphatic carbocycles. The molecule has 0 radical (unpaired) electrons. The Morgan fingerprint density at radius 1 is 1.22 bits per heavy atom. The van der Waals surface area contributed by atoms with Crippen molar-refractivity contribution in [2.45, 2.75) is 18.9 Å². The fourth-order valence-electron chi connectivity index (χ4n) is 2.40. The van der Waals surface area contributed by atoms with Gasteiger partial charge in [0.1, 0.15) is 11.5 Å². The number of fused-ring (bicyclic) bond motifs is 1. The van der Waals surface area contributed by atoms with Crippen LogP contribution in [0.25, 0.3) is 0 Å². The molecule has 94 valence electrons. The molecule has 1 N–H and O–H groups in total. The number of rotatable bonds is 3. The Balaban J connectivity index is 1.68. The van der Waals surface area contributed by atoms with Crippen LogP contribution in [0.3, 0.4) is 0 Å². The highest BCUT2D eigenvalue weighted by Crippen LogP contribution is 2.29. The molecule has 0 fully saturated rings. The molecule has 0 saturated carbocycles. The second kappa shape index (κ2) is 4.86. The number of ether oxygens (including phenoxy) is 1. The predicted molar refractivity (Wildman–Crippen MR) is 67.5 cm³/mol. The van der Waals surface area contributed by atoms with Crippen molar-refractivity contribution in [3.8, 4) is 5.75 Å². The molecule has 0 amide bonds. The van der Waals surface area contributed by atoms with Crippen LogP contribution in [-0.2, 0) is 12.8 Å². The molecule has 2 unspecified atom stereocenters. The van der Waals surface area contributed by atoms with Crippen LogP contribution in [0, 0.1) is 5.92 Å². The van der Waals surface area contributed by atoms with Gasteiger partial charge < -0.3 is 14.3 Å². The monoisotopic (exact) mass is 244 g/mol. The first-order chi connectivity index (χ1) is 8.83. The smallest absolute Gasteiger partial charge is 0.122 e. The molecule has 2 aromatic rings. The van der Waals surface area contributed by atoms with E-state index in [1.165, 1.54) is 5.56 Å². The Morgan fingerprint density at radius 3 is 2.94 bits per heavy atom. The van der Waals surface area contributed by atoms with Gasteiger partial charge in [0.25, 0.3) is 0 Å². The molecule has 0 bridgehead atoms. The summed E-state index contributed by atoms with van der Waals surface area (Å²) >= 11 is 0. The maximum Gasteiger partial charge on any atom is 0.122 e. The standard InChI is InChI=1S/C15H16O3/c16-14(9-13-5-3-7-17-13)12-8-11-4-1-2-6-15(11)18-10-12/h1-7,12,14,16H,8-10H2. The summed E-state index contributed by atoms with van der Waals surface area (Å²) in [7, 11) is 0. The van der Waals surface area contributed by atoms with Gasteiger partial charge in [-0.15, -0.1) is 0 Å². The van der Waals surface area contributed by atoms with Crippen LogP contribution in [0.4, 0.5) is 0 Å². The van der Waals surface area contributed by atoms with Crippen LogP contribution in [0.1, 0.15) is 11.3 Å². The van der Waals surface area contributed by atoms with Gasteiger partial charge >= 0.3 is 0 Å². The Bertz CT molecular complexity index is 504. The molecule has 2 atom stereocenters. The van der Waals surface area contributed by atoms with E-state index in [1.807, 2.05) is 30.3 Å². The number of para-hydroxylation sites is 1. The molecule has 2 heterocycles. The zero-order valence-electron chi connectivity index (χ0n) is 10.1. The second-order valence-electron chi connectivity index (χ2n) is 4.73. The summed E-state index contributed by atoms with van der Waals surface area (Å²) < 4.78 is 10.9. The lowest BCUT2D eigenvalue weighted by molar-refractivity contribution is 0.0616. The summed E-state index contributed by atoms with van der Waals surface area (Å²) in [5.74, 6) is 1.89. The Kier molecular flexibility index (Phi) is 3.07. The molecule has 3 nitrogen and oxygen atoms in total. The van der Waals surface area contributed by atoms with Crippen molar-refractivity contribution in [1.29, 1.82) is 0 Å². The van der Waals surface area contributed by atoms with Crippen LogP contribution in [-0.4, -0.2) is 17.8 Å². The maximum atomic E-state index is 10.2. The van der Waals surface area contributed by atoms with Crippen molar-refractivity contribution < 1.29 is 14.3 Å². The Labute approximate surface area is 106 Å². The van der Waals surface area contributed by atoms with E-state index in [1.54, 1.807) is 6.26 Å². The average Bonchev–Trinajstić information content (AvgIpc) is 2.91. The topological polar surface area (TPSA) is 42.6 Å². The molecule has 1 aliphatic rings. The number of benzene rings is 1. The van der Waals surface area contributed by atoms with Gasteiger partial charge in [0.15, 0.2) is 0 Å². The van der Waals surface area contributed by atoms with Gasteiger partial charge in [-0.2, -0.15) is 0 Å². The summed E-state index contributed by atoms with van der Waals surface area (Å²) in [6, 6.07) is 11.7. The summed E-state index contributed by atoms with van der Waals surface area (Å²) in [6.07, 6.45) is 2.61. The fraction of sp³-hybridized carbons (Fsp3) is 0.333. The van der Waals surface area contributed by atoms with E-state index in [9.17, 15) is 5.11 Å². The lowest BCUT2D eigenvalue weighted by Crippen LogP contribution is -2.32. The van der Waals surface area contributed by atoms with Crippen molar-refractivity contribution in [3.63, 3.8) is 0 Å². The average molecular weight is 244 g/mol. The van der Waals surface area contributed by atoms with Crippen LogP contribution in [0.15, 0.2) is 47.1 Å². The summed E-state index contributed by atoms with van der Waals surface area (Å²) in [4.78, 5) is 0. The minimum atomic E-state index is -0.426. The van der Waals surface area contributed by atoms with Gasteiger partial charge in [-0.3, -0.25) is 0 Å². The second-order valence-corrected chi connectivity index (χ2v) is 4.73. The van der Waals surface area contributed by atoms with Gasteiger partial charge in [-0.05, 0) is 30.2 Å².